The molecule has 0 rings (SSSR count). The monoisotopic (exact) mass is 236 g/mol. The van der Waals surface area contributed by atoms with Crippen LogP contribution in [0.4, 0.5) is 0 Å². The molecule has 0 atom stereocenters. The van der Waals surface area contributed by atoms with Crippen molar-refractivity contribution >= 4 is 11.8 Å². The van der Waals surface area contributed by atoms with E-state index in [0.29, 0.717) is 19.2 Å². The second-order valence-corrected chi connectivity index (χ2v) is 4.77. The molecule has 0 aromatic rings. The third kappa shape index (κ3) is 10.5. The standard InChI is InChI=1S/C11H24O3S/c1-9(2)12-6-11(14-8-15-5)7-13-10(3)4/h9-11H,6-8H2,1-5H3. The molecular formula is C11H24O3S. The van der Waals surface area contributed by atoms with Crippen molar-refractivity contribution in [3.05, 3.63) is 0 Å². The molecule has 0 saturated heterocycles. The van der Waals surface area contributed by atoms with Crippen molar-refractivity contribution in [2.75, 3.05) is 25.4 Å². The molecule has 0 bridgehead atoms. The summed E-state index contributed by atoms with van der Waals surface area (Å²) in [5.41, 5.74) is 0. The van der Waals surface area contributed by atoms with Crippen LogP contribution in [0.5, 0.6) is 0 Å². The lowest BCUT2D eigenvalue weighted by atomic mass is 10.4. The predicted octanol–water partition coefficient (Wildman–Crippen LogP) is 2.54. The molecular weight excluding hydrogens is 212 g/mol. The molecule has 3 nitrogen and oxygen atoms in total. The number of hydrogen-bond acceptors (Lipinski definition) is 4. The summed E-state index contributed by atoms with van der Waals surface area (Å²) in [6.07, 6.45) is 2.54. The zero-order valence-corrected chi connectivity index (χ0v) is 11.3. The predicted molar refractivity (Wildman–Crippen MR) is 65.4 cm³/mol. The molecule has 0 aliphatic heterocycles. The minimum Gasteiger partial charge on any atom is -0.376 e. The van der Waals surface area contributed by atoms with Gasteiger partial charge in [-0.25, -0.2) is 0 Å². The third-order valence-electron chi connectivity index (χ3n) is 1.65. The summed E-state index contributed by atoms with van der Waals surface area (Å²) in [6, 6.07) is 0. The maximum atomic E-state index is 5.61. The number of ether oxygens (including phenoxy) is 3. The van der Waals surface area contributed by atoms with Gasteiger partial charge >= 0.3 is 0 Å². The summed E-state index contributed by atoms with van der Waals surface area (Å²) in [4.78, 5) is 0. The minimum atomic E-state index is 0.0437. The Hall–Kier alpha value is 0.230. The molecule has 15 heavy (non-hydrogen) atoms. The normalized spacial score (nSPS) is 12.0. The molecule has 0 fully saturated rings. The van der Waals surface area contributed by atoms with E-state index in [1.165, 1.54) is 0 Å². The van der Waals surface area contributed by atoms with Crippen molar-refractivity contribution in [2.24, 2.45) is 0 Å². The first kappa shape index (κ1) is 15.2. The minimum absolute atomic E-state index is 0.0437. The van der Waals surface area contributed by atoms with Gasteiger partial charge in [0.2, 0.25) is 0 Å². The van der Waals surface area contributed by atoms with Gasteiger partial charge in [-0.15, -0.1) is 11.8 Å². The smallest absolute Gasteiger partial charge is 0.105 e. The lowest BCUT2D eigenvalue weighted by Gasteiger charge is -2.20. The lowest BCUT2D eigenvalue weighted by molar-refractivity contribution is -0.0695. The fourth-order valence-corrected chi connectivity index (χ4v) is 1.24. The van der Waals surface area contributed by atoms with E-state index in [2.05, 4.69) is 0 Å². The maximum absolute atomic E-state index is 5.61. The quantitative estimate of drug-likeness (QED) is 0.575. The van der Waals surface area contributed by atoms with Crippen molar-refractivity contribution in [1.82, 2.24) is 0 Å². The molecule has 0 N–H and O–H groups in total. The van der Waals surface area contributed by atoms with E-state index in [1.807, 2.05) is 34.0 Å². The van der Waals surface area contributed by atoms with Gasteiger partial charge in [0.1, 0.15) is 6.10 Å². The van der Waals surface area contributed by atoms with E-state index in [1.54, 1.807) is 11.8 Å². The highest BCUT2D eigenvalue weighted by molar-refractivity contribution is 7.98. The van der Waals surface area contributed by atoms with E-state index in [4.69, 9.17) is 14.2 Å². The van der Waals surface area contributed by atoms with Gasteiger partial charge in [0.15, 0.2) is 0 Å². The van der Waals surface area contributed by atoms with E-state index in [-0.39, 0.29) is 18.3 Å². The Balaban J connectivity index is 3.73. The van der Waals surface area contributed by atoms with Gasteiger partial charge in [-0.2, -0.15) is 0 Å². The Morgan fingerprint density at radius 2 is 1.33 bits per heavy atom. The largest absolute Gasteiger partial charge is 0.376 e. The van der Waals surface area contributed by atoms with Crippen molar-refractivity contribution in [3.8, 4) is 0 Å². The van der Waals surface area contributed by atoms with Crippen molar-refractivity contribution in [3.63, 3.8) is 0 Å². The third-order valence-corrected chi connectivity index (χ3v) is 2.02. The lowest BCUT2D eigenvalue weighted by Crippen LogP contribution is -2.28. The van der Waals surface area contributed by atoms with Crippen LogP contribution in [0, 0.1) is 0 Å². The van der Waals surface area contributed by atoms with Gasteiger partial charge < -0.3 is 14.2 Å². The summed E-state index contributed by atoms with van der Waals surface area (Å²) in [5.74, 6) is 0.688. The molecule has 0 aliphatic rings. The second kappa shape index (κ2) is 9.46. The molecule has 4 heteroatoms. The molecule has 0 aliphatic carbocycles. The van der Waals surface area contributed by atoms with Crippen LogP contribution in [-0.2, 0) is 14.2 Å². The Labute approximate surface area is 97.9 Å². The van der Waals surface area contributed by atoms with E-state index in [0.717, 1.165) is 0 Å². The summed E-state index contributed by atoms with van der Waals surface area (Å²) in [6.45, 7) is 9.30. The Morgan fingerprint density at radius 1 is 0.867 bits per heavy atom. The van der Waals surface area contributed by atoms with Crippen molar-refractivity contribution < 1.29 is 14.2 Å². The van der Waals surface area contributed by atoms with Gasteiger partial charge in [0, 0.05) is 0 Å². The summed E-state index contributed by atoms with van der Waals surface area (Å²) in [5, 5.41) is 0. The van der Waals surface area contributed by atoms with Gasteiger partial charge in [-0.1, -0.05) is 0 Å². The first-order chi connectivity index (χ1) is 7.06. The van der Waals surface area contributed by atoms with Gasteiger partial charge in [0.25, 0.3) is 0 Å². The van der Waals surface area contributed by atoms with Gasteiger partial charge in [0.05, 0.1) is 31.4 Å². The fourth-order valence-electron chi connectivity index (χ4n) is 0.908. The van der Waals surface area contributed by atoms with E-state index < -0.39 is 0 Å². The molecule has 0 aromatic carbocycles. The maximum Gasteiger partial charge on any atom is 0.105 e. The Bertz CT molecular complexity index is 128. The van der Waals surface area contributed by atoms with Crippen LogP contribution in [0.25, 0.3) is 0 Å². The van der Waals surface area contributed by atoms with Crippen LogP contribution < -0.4 is 0 Å². The second-order valence-electron chi connectivity index (χ2n) is 3.96. The van der Waals surface area contributed by atoms with Crippen LogP contribution in [0.1, 0.15) is 27.7 Å². The summed E-state index contributed by atoms with van der Waals surface area (Å²) < 4.78 is 16.6. The number of hydrogen-bond donors (Lipinski definition) is 0. The van der Waals surface area contributed by atoms with E-state index in [9.17, 15) is 0 Å². The highest BCUT2D eigenvalue weighted by Gasteiger charge is 2.11. The number of thioether (sulfide) groups is 1. The van der Waals surface area contributed by atoms with Crippen LogP contribution >= 0.6 is 11.8 Å². The van der Waals surface area contributed by atoms with Crippen LogP contribution in [0.15, 0.2) is 0 Å². The Kier molecular flexibility index (Phi) is 9.60. The molecule has 0 heterocycles. The highest BCUT2D eigenvalue weighted by Crippen LogP contribution is 2.03. The molecule has 92 valence electrons. The average molecular weight is 236 g/mol. The Morgan fingerprint density at radius 3 is 1.67 bits per heavy atom. The van der Waals surface area contributed by atoms with Crippen LogP contribution in [-0.4, -0.2) is 43.7 Å². The zero-order chi connectivity index (χ0) is 11.7. The molecule has 0 aromatic heterocycles. The van der Waals surface area contributed by atoms with Gasteiger partial charge in [-0.05, 0) is 34.0 Å². The number of rotatable bonds is 9. The van der Waals surface area contributed by atoms with Crippen LogP contribution in [0.3, 0.4) is 0 Å². The summed E-state index contributed by atoms with van der Waals surface area (Å²) >= 11 is 1.67. The van der Waals surface area contributed by atoms with Crippen LogP contribution in [0.2, 0.25) is 0 Å². The SMILES string of the molecule is CSCOC(COC(C)C)COC(C)C. The summed E-state index contributed by atoms with van der Waals surface area (Å²) in [7, 11) is 0. The van der Waals surface area contributed by atoms with Crippen molar-refractivity contribution in [2.45, 2.75) is 46.0 Å². The molecule has 0 radical (unpaired) electrons. The van der Waals surface area contributed by atoms with Gasteiger partial charge in [-0.3, -0.25) is 0 Å². The average Bonchev–Trinajstić information content (AvgIpc) is 2.16. The molecule has 0 amide bonds. The van der Waals surface area contributed by atoms with E-state index >= 15 is 0 Å². The molecule has 0 saturated carbocycles. The highest BCUT2D eigenvalue weighted by atomic mass is 32.2. The fraction of sp³-hybridized carbons (Fsp3) is 1.00. The zero-order valence-electron chi connectivity index (χ0n) is 10.5. The first-order valence-corrected chi connectivity index (χ1v) is 6.79. The molecule has 0 spiro atoms. The topological polar surface area (TPSA) is 27.7 Å². The van der Waals surface area contributed by atoms with Crippen molar-refractivity contribution in [1.29, 1.82) is 0 Å². The first-order valence-electron chi connectivity index (χ1n) is 5.40. The molecule has 0 unspecified atom stereocenters.